The monoisotopic (exact) mass is 530 g/mol. The number of H-pyrrole nitrogens is 1. The summed E-state index contributed by atoms with van der Waals surface area (Å²) < 4.78 is 0. The first-order chi connectivity index (χ1) is 19.0. The van der Waals surface area contributed by atoms with Crippen molar-refractivity contribution < 1.29 is 9.59 Å². The van der Waals surface area contributed by atoms with E-state index in [9.17, 15) is 9.59 Å². The standard InChI is InChI=1S/C29H38N8O2/c1-20(30)28(38)31-26(12-13-27-32-34-35-33-27)29(39)37-18-24(22-10-6-3-7-11-22)16-25(37)19-36-15-14-23(17-36)21-8-4-2-5-9-21/h2-11,20,23-26H,12-19,30H2,1H3,(H,31,38)(H,32,33,34,35)/t20?,23?,24-,25-,26?/m0/s1. The number of aryl methyl sites for hydroxylation is 1. The first-order valence-corrected chi connectivity index (χ1v) is 13.9. The van der Waals surface area contributed by atoms with Crippen LogP contribution in [0.25, 0.3) is 0 Å². The third-order valence-electron chi connectivity index (χ3n) is 8.07. The minimum atomic E-state index is -0.710. The average Bonchev–Trinajstić information content (AvgIpc) is 3.73. The van der Waals surface area contributed by atoms with Crippen LogP contribution in [0.2, 0.25) is 0 Å². The molecule has 3 aromatic rings. The Balaban J connectivity index is 1.33. The van der Waals surface area contributed by atoms with Crippen molar-refractivity contribution in [2.75, 3.05) is 26.2 Å². The summed E-state index contributed by atoms with van der Waals surface area (Å²) >= 11 is 0. The highest BCUT2D eigenvalue weighted by Crippen LogP contribution is 2.35. The van der Waals surface area contributed by atoms with Crippen molar-refractivity contribution >= 4 is 11.8 Å². The number of carbonyl (C=O) groups is 2. The van der Waals surface area contributed by atoms with Crippen molar-refractivity contribution in [3.05, 3.63) is 77.6 Å². The lowest BCUT2D eigenvalue weighted by Gasteiger charge is -2.32. The summed E-state index contributed by atoms with van der Waals surface area (Å²) in [5.74, 6) is 0.918. The van der Waals surface area contributed by atoms with E-state index >= 15 is 0 Å². The molecule has 3 heterocycles. The zero-order chi connectivity index (χ0) is 27.2. The fourth-order valence-corrected chi connectivity index (χ4v) is 5.95. The van der Waals surface area contributed by atoms with Crippen molar-refractivity contribution in [1.29, 1.82) is 0 Å². The van der Waals surface area contributed by atoms with Gasteiger partial charge < -0.3 is 20.9 Å². The van der Waals surface area contributed by atoms with Gasteiger partial charge in [0.25, 0.3) is 0 Å². The van der Waals surface area contributed by atoms with E-state index in [1.807, 2.05) is 11.0 Å². The second-order valence-electron chi connectivity index (χ2n) is 10.9. The summed E-state index contributed by atoms with van der Waals surface area (Å²) in [4.78, 5) is 31.2. The number of benzene rings is 2. The summed E-state index contributed by atoms with van der Waals surface area (Å²) in [6.45, 7) is 5.06. The van der Waals surface area contributed by atoms with Crippen molar-refractivity contribution in [3.8, 4) is 0 Å². The van der Waals surface area contributed by atoms with Crippen LogP contribution in [0.3, 0.4) is 0 Å². The number of nitrogens with zero attached hydrogens (tertiary/aromatic N) is 5. The molecule has 0 aliphatic carbocycles. The second-order valence-corrected chi connectivity index (χ2v) is 10.9. The Hall–Kier alpha value is -3.63. The van der Waals surface area contributed by atoms with Crippen LogP contribution in [0.4, 0.5) is 0 Å². The highest BCUT2D eigenvalue weighted by atomic mass is 16.2. The molecule has 0 spiro atoms. The molecule has 4 N–H and O–H groups in total. The molecule has 10 nitrogen and oxygen atoms in total. The molecular weight excluding hydrogens is 492 g/mol. The maximum atomic E-state index is 14.1. The van der Waals surface area contributed by atoms with Crippen LogP contribution < -0.4 is 11.1 Å². The molecule has 2 aliphatic rings. The van der Waals surface area contributed by atoms with Crippen LogP contribution in [-0.4, -0.2) is 86.5 Å². The largest absolute Gasteiger partial charge is 0.343 e. The zero-order valence-corrected chi connectivity index (χ0v) is 22.4. The Morgan fingerprint density at radius 1 is 1.05 bits per heavy atom. The van der Waals surface area contributed by atoms with Crippen molar-refractivity contribution in [1.82, 2.24) is 35.7 Å². The molecule has 2 amide bonds. The fraction of sp³-hybridized carbons (Fsp3) is 0.483. The maximum Gasteiger partial charge on any atom is 0.245 e. The smallest absolute Gasteiger partial charge is 0.245 e. The van der Waals surface area contributed by atoms with Gasteiger partial charge in [0.2, 0.25) is 11.8 Å². The number of rotatable bonds is 10. The molecule has 0 saturated carbocycles. The minimum absolute atomic E-state index is 0.0545. The van der Waals surface area contributed by atoms with Crippen molar-refractivity contribution in [2.24, 2.45) is 5.73 Å². The summed E-state index contributed by atoms with van der Waals surface area (Å²) in [5, 5.41) is 16.8. The van der Waals surface area contributed by atoms with Gasteiger partial charge in [0.15, 0.2) is 0 Å². The number of carbonyl (C=O) groups excluding carboxylic acids is 2. The summed E-state index contributed by atoms with van der Waals surface area (Å²) in [7, 11) is 0. The molecule has 2 fully saturated rings. The summed E-state index contributed by atoms with van der Waals surface area (Å²) in [5.41, 5.74) is 8.46. The molecule has 2 saturated heterocycles. The average molecular weight is 531 g/mol. The molecule has 2 aliphatic heterocycles. The van der Waals surface area contributed by atoms with Gasteiger partial charge in [0.05, 0.1) is 6.04 Å². The highest BCUT2D eigenvalue weighted by molar-refractivity contribution is 5.89. The van der Waals surface area contributed by atoms with Gasteiger partial charge in [-0.25, -0.2) is 5.10 Å². The van der Waals surface area contributed by atoms with E-state index in [0.717, 1.165) is 32.5 Å². The number of likely N-dealkylation sites (tertiary alicyclic amines) is 2. The second kappa shape index (κ2) is 12.5. The van der Waals surface area contributed by atoms with Crippen LogP contribution in [0.15, 0.2) is 60.7 Å². The first kappa shape index (κ1) is 27.0. The Morgan fingerprint density at radius 2 is 1.74 bits per heavy atom. The van der Waals surface area contributed by atoms with Gasteiger partial charge in [-0.3, -0.25) is 9.59 Å². The molecule has 2 aromatic carbocycles. The number of nitrogens with one attached hydrogen (secondary N) is 2. The van der Waals surface area contributed by atoms with Gasteiger partial charge in [-0.1, -0.05) is 60.7 Å². The first-order valence-electron chi connectivity index (χ1n) is 13.9. The number of aromatic amines is 1. The van der Waals surface area contributed by atoms with Gasteiger partial charge in [-0.15, -0.1) is 5.10 Å². The van der Waals surface area contributed by atoms with Crippen LogP contribution in [-0.2, 0) is 16.0 Å². The van der Waals surface area contributed by atoms with Gasteiger partial charge in [-0.2, -0.15) is 0 Å². The van der Waals surface area contributed by atoms with Crippen molar-refractivity contribution in [2.45, 2.75) is 62.6 Å². The van der Waals surface area contributed by atoms with E-state index in [-0.39, 0.29) is 23.8 Å². The quantitative estimate of drug-likeness (QED) is 0.364. The third kappa shape index (κ3) is 6.69. The van der Waals surface area contributed by atoms with Crippen LogP contribution >= 0.6 is 0 Å². The summed E-state index contributed by atoms with van der Waals surface area (Å²) in [6.07, 6.45) is 2.83. The highest BCUT2D eigenvalue weighted by Gasteiger charge is 2.40. The van der Waals surface area contributed by atoms with Crippen molar-refractivity contribution in [3.63, 3.8) is 0 Å². The molecule has 5 atom stereocenters. The predicted molar refractivity (Wildman–Crippen MR) is 148 cm³/mol. The lowest BCUT2D eigenvalue weighted by molar-refractivity contribution is -0.137. The van der Waals surface area contributed by atoms with Gasteiger partial charge >= 0.3 is 0 Å². The number of aromatic nitrogens is 4. The lowest BCUT2D eigenvalue weighted by atomic mass is 9.96. The zero-order valence-electron chi connectivity index (χ0n) is 22.4. The van der Waals surface area contributed by atoms with Crippen LogP contribution in [0.5, 0.6) is 0 Å². The topological polar surface area (TPSA) is 133 Å². The summed E-state index contributed by atoms with van der Waals surface area (Å²) in [6, 6.07) is 19.7. The molecule has 0 bridgehead atoms. The Bertz CT molecular complexity index is 1200. The van der Waals surface area contributed by atoms with Crippen LogP contribution in [0, 0.1) is 0 Å². The third-order valence-corrected chi connectivity index (χ3v) is 8.07. The van der Waals surface area contributed by atoms with E-state index in [0.29, 0.717) is 31.1 Å². The minimum Gasteiger partial charge on any atom is -0.343 e. The number of hydrogen-bond acceptors (Lipinski definition) is 7. The SMILES string of the molecule is CC(N)C(=O)NC(CCc1nnn[nH]1)C(=O)N1C[C@@H](c2ccccc2)C[C@H]1CN1CCC(c2ccccc2)C1. The molecule has 5 rings (SSSR count). The fourth-order valence-electron chi connectivity index (χ4n) is 5.95. The molecule has 206 valence electrons. The Labute approximate surface area is 229 Å². The molecule has 3 unspecified atom stereocenters. The molecule has 1 aromatic heterocycles. The number of amides is 2. The maximum absolute atomic E-state index is 14.1. The Morgan fingerprint density at radius 3 is 2.38 bits per heavy atom. The number of hydrogen-bond donors (Lipinski definition) is 3. The normalized spacial score (nSPS) is 23.0. The van der Waals surface area contributed by atoms with Crippen LogP contribution in [0.1, 0.15) is 55.0 Å². The van der Waals surface area contributed by atoms with E-state index in [1.165, 1.54) is 11.1 Å². The van der Waals surface area contributed by atoms with E-state index in [2.05, 4.69) is 85.4 Å². The van der Waals surface area contributed by atoms with E-state index in [4.69, 9.17) is 5.73 Å². The molecule has 39 heavy (non-hydrogen) atoms. The van der Waals surface area contributed by atoms with E-state index < -0.39 is 12.1 Å². The van der Waals surface area contributed by atoms with E-state index in [1.54, 1.807) is 6.92 Å². The molecule has 0 radical (unpaired) electrons. The molecular formula is C29H38N8O2. The predicted octanol–water partition coefficient (Wildman–Crippen LogP) is 1.84. The number of tetrazole rings is 1. The van der Waals surface area contributed by atoms with Gasteiger partial charge in [0.1, 0.15) is 11.9 Å². The van der Waals surface area contributed by atoms with Gasteiger partial charge in [-0.05, 0) is 60.2 Å². The Kier molecular flexibility index (Phi) is 8.63. The molecule has 10 heteroatoms. The lowest BCUT2D eigenvalue weighted by Crippen LogP contribution is -2.54. The van der Waals surface area contributed by atoms with Gasteiger partial charge in [0, 0.05) is 38.0 Å². The number of nitrogens with two attached hydrogens (primary N) is 1.